The lowest BCUT2D eigenvalue weighted by atomic mass is 9.99. The molecule has 1 unspecified atom stereocenters. The van der Waals surface area contributed by atoms with Crippen LogP contribution < -0.4 is 5.32 Å². The molecule has 2 saturated heterocycles. The van der Waals surface area contributed by atoms with Crippen molar-refractivity contribution in [3.05, 3.63) is 0 Å². The summed E-state index contributed by atoms with van der Waals surface area (Å²) in [5.74, 6) is 0.299. The van der Waals surface area contributed by atoms with Crippen molar-refractivity contribution in [2.45, 2.75) is 25.8 Å². The van der Waals surface area contributed by atoms with Gasteiger partial charge in [0.1, 0.15) is 5.54 Å². The van der Waals surface area contributed by atoms with Crippen LogP contribution in [0.5, 0.6) is 0 Å². The second kappa shape index (κ2) is 4.05. The molecule has 90 valence electrons. The molecular formula is C11H18N2O3. The molecule has 0 aliphatic carbocycles. The minimum atomic E-state index is -0.769. The van der Waals surface area contributed by atoms with E-state index < -0.39 is 5.54 Å². The molecule has 2 fully saturated rings. The second-order valence-corrected chi connectivity index (χ2v) is 5.09. The van der Waals surface area contributed by atoms with E-state index in [1.807, 2.05) is 0 Å². The van der Waals surface area contributed by atoms with Gasteiger partial charge in [-0.15, -0.1) is 0 Å². The van der Waals surface area contributed by atoms with E-state index in [2.05, 4.69) is 5.32 Å². The zero-order valence-corrected chi connectivity index (χ0v) is 9.78. The van der Waals surface area contributed by atoms with Crippen molar-refractivity contribution in [1.82, 2.24) is 10.2 Å². The zero-order chi connectivity index (χ0) is 11.8. The average Bonchev–Trinajstić information content (AvgIpc) is 2.65. The van der Waals surface area contributed by atoms with Crippen molar-refractivity contribution in [3.63, 3.8) is 0 Å². The molecule has 0 aromatic rings. The molecule has 0 bridgehead atoms. The molecule has 2 amide bonds. The molecule has 2 aliphatic rings. The molecule has 2 heterocycles. The summed E-state index contributed by atoms with van der Waals surface area (Å²) in [6.07, 6.45) is 0.978. The lowest BCUT2D eigenvalue weighted by Gasteiger charge is -2.38. The Bertz CT molecular complexity index is 308. The number of nitrogens with one attached hydrogen (secondary N) is 1. The predicted molar refractivity (Wildman–Crippen MR) is 57.7 cm³/mol. The monoisotopic (exact) mass is 226 g/mol. The Morgan fingerprint density at radius 2 is 2.25 bits per heavy atom. The van der Waals surface area contributed by atoms with Crippen LogP contribution in [0, 0.1) is 5.92 Å². The van der Waals surface area contributed by atoms with Crippen LogP contribution in [0.3, 0.4) is 0 Å². The largest absolute Gasteiger partial charge is 0.381 e. The van der Waals surface area contributed by atoms with Crippen molar-refractivity contribution >= 4 is 11.8 Å². The summed E-state index contributed by atoms with van der Waals surface area (Å²) < 4.78 is 5.27. The molecule has 0 aromatic carbocycles. The maximum absolute atomic E-state index is 12.1. The van der Waals surface area contributed by atoms with Gasteiger partial charge >= 0.3 is 0 Å². The summed E-state index contributed by atoms with van der Waals surface area (Å²) in [7, 11) is 0. The molecule has 1 N–H and O–H groups in total. The van der Waals surface area contributed by atoms with Gasteiger partial charge in [-0.25, -0.2) is 0 Å². The van der Waals surface area contributed by atoms with Gasteiger partial charge in [0.15, 0.2) is 0 Å². The molecule has 2 rings (SSSR count). The van der Waals surface area contributed by atoms with Gasteiger partial charge in [-0.3, -0.25) is 9.59 Å². The van der Waals surface area contributed by atoms with E-state index in [0.29, 0.717) is 19.1 Å². The first-order chi connectivity index (χ1) is 7.49. The van der Waals surface area contributed by atoms with Gasteiger partial charge in [-0.2, -0.15) is 0 Å². The molecule has 0 radical (unpaired) electrons. The Balaban J connectivity index is 2.02. The summed E-state index contributed by atoms with van der Waals surface area (Å²) in [4.78, 5) is 25.2. The third-order valence-electron chi connectivity index (χ3n) is 3.11. The molecule has 0 aromatic heterocycles. The van der Waals surface area contributed by atoms with Gasteiger partial charge in [0.2, 0.25) is 11.8 Å². The second-order valence-electron chi connectivity index (χ2n) is 5.09. The Morgan fingerprint density at radius 3 is 2.88 bits per heavy atom. The smallest absolute Gasteiger partial charge is 0.248 e. The standard InChI is InChI=1S/C11H18N2O3/c1-11(2)10(15)13(6-9(14)12-11)5-8-3-4-16-7-8/h8H,3-7H2,1-2H3,(H,12,14). The van der Waals surface area contributed by atoms with E-state index >= 15 is 0 Å². The normalized spacial score (nSPS) is 29.4. The maximum Gasteiger partial charge on any atom is 0.248 e. The van der Waals surface area contributed by atoms with Gasteiger partial charge in [0.25, 0.3) is 0 Å². The molecule has 5 nitrogen and oxygen atoms in total. The predicted octanol–water partition coefficient (Wildman–Crippen LogP) is -0.240. The Hall–Kier alpha value is -1.10. The molecule has 16 heavy (non-hydrogen) atoms. The third-order valence-corrected chi connectivity index (χ3v) is 3.11. The van der Waals surface area contributed by atoms with E-state index in [-0.39, 0.29) is 18.4 Å². The fourth-order valence-electron chi connectivity index (χ4n) is 2.27. The van der Waals surface area contributed by atoms with E-state index in [4.69, 9.17) is 4.74 Å². The van der Waals surface area contributed by atoms with Gasteiger partial charge in [0, 0.05) is 19.1 Å². The van der Waals surface area contributed by atoms with E-state index in [9.17, 15) is 9.59 Å². The number of hydrogen-bond acceptors (Lipinski definition) is 3. The quantitative estimate of drug-likeness (QED) is 0.707. The molecule has 5 heteroatoms. The van der Waals surface area contributed by atoms with E-state index in [1.54, 1.807) is 18.7 Å². The highest BCUT2D eigenvalue weighted by Crippen LogP contribution is 2.18. The molecular weight excluding hydrogens is 208 g/mol. The average molecular weight is 226 g/mol. The topological polar surface area (TPSA) is 58.6 Å². The van der Waals surface area contributed by atoms with E-state index in [0.717, 1.165) is 13.0 Å². The van der Waals surface area contributed by atoms with Crippen LogP contribution in [0.15, 0.2) is 0 Å². The fourth-order valence-corrected chi connectivity index (χ4v) is 2.27. The summed E-state index contributed by atoms with van der Waals surface area (Å²) in [6.45, 7) is 5.76. The summed E-state index contributed by atoms with van der Waals surface area (Å²) in [5.41, 5.74) is -0.769. The number of carbonyl (C=O) groups excluding carboxylic acids is 2. The third kappa shape index (κ3) is 2.19. The van der Waals surface area contributed by atoms with Crippen LogP contribution in [0.25, 0.3) is 0 Å². The number of carbonyl (C=O) groups is 2. The molecule has 0 spiro atoms. The van der Waals surface area contributed by atoms with Crippen LogP contribution in [-0.2, 0) is 14.3 Å². The maximum atomic E-state index is 12.1. The number of ether oxygens (including phenoxy) is 1. The first-order valence-corrected chi connectivity index (χ1v) is 5.67. The molecule has 1 atom stereocenters. The number of hydrogen-bond donors (Lipinski definition) is 1. The Labute approximate surface area is 95.1 Å². The lowest BCUT2D eigenvalue weighted by Crippen LogP contribution is -2.64. The van der Waals surface area contributed by atoms with Crippen molar-refractivity contribution in [1.29, 1.82) is 0 Å². The number of amides is 2. The lowest BCUT2D eigenvalue weighted by molar-refractivity contribution is -0.148. The van der Waals surface area contributed by atoms with Crippen molar-refractivity contribution in [3.8, 4) is 0 Å². The highest BCUT2D eigenvalue weighted by molar-refractivity contribution is 5.97. The van der Waals surface area contributed by atoms with Crippen LogP contribution in [0.4, 0.5) is 0 Å². The highest BCUT2D eigenvalue weighted by Gasteiger charge is 2.39. The van der Waals surface area contributed by atoms with Gasteiger partial charge in [0.05, 0.1) is 13.2 Å². The van der Waals surface area contributed by atoms with Gasteiger partial charge < -0.3 is 15.0 Å². The minimum Gasteiger partial charge on any atom is -0.381 e. The van der Waals surface area contributed by atoms with Crippen LogP contribution in [-0.4, -0.2) is 48.6 Å². The number of rotatable bonds is 2. The number of nitrogens with zero attached hydrogens (tertiary/aromatic N) is 1. The van der Waals surface area contributed by atoms with Crippen molar-refractivity contribution in [2.24, 2.45) is 5.92 Å². The zero-order valence-electron chi connectivity index (χ0n) is 9.78. The molecule has 2 aliphatic heterocycles. The Kier molecular flexibility index (Phi) is 2.88. The summed E-state index contributed by atoms with van der Waals surface area (Å²) in [5, 5.41) is 2.70. The van der Waals surface area contributed by atoms with Crippen molar-refractivity contribution < 1.29 is 14.3 Å². The number of piperazine rings is 1. The SMILES string of the molecule is CC1(C)NC(=O)CN(CC2CCOC2)C1=O. The Morgan fingerprint density at radius 1 is 1.50 bits per heavy atom. The van der Waals surface area contributed by atoms with Gasteiger partial charge in [-0.05, 0) is 20.3 Å². The van der Waals surface area contributed by atoms with Gasteiger partial charge in [-0.1, -0.05) is 0 Å². The first-order valence-electron chi connectivity index (χ1n) is 5.67. The summed E-state index contributed by atoms with van der Waals surface area (Å²) >= 11 is 0. The van der Waals surface area contributed by atoms with Crippen LogP contribution >= 0.6 is 0 Å². The van der Waals surface area contributed by atoms with Crippen LogP contribution in [0.1, 0.15) is 20.3 Å². The first kappa shape index (κ1) is 11.4. The molecule has 0 saturated carbocycles. The van der Waals surface area contributed by atoms with Crippen molar-refractivity contribution in [2.75, 3.05) is 26.3 Å². The fraction of sp³-hybridized carbons (Fsp3) is 0.818. The summed E-state index contributed by atoms with van der Waals surface area (Å²) in [6, 6.07) is 0. The minimum absolute atomic E-state index is 0.000926. The highest BCUT2D eigenvalue weighted by atomic mass is 16.5. The van der Waals surface area contributed by atoms with E-state index in [1.165, 1.54) is 0 Å². The van der Waals surface area contributed by atoms with Crippen LogP contribution in [0.2, 0.25) is 0 Å².